The third-order valence-electron chi connectivity index (χ3n) is 4.39. The Kier molecular flexibility index (Phi) is 7.22. The van der Waals surface area contributed by atoms with Gasteiger partial charge in [0.2, 0.25) is 5.88 Å². The number of nitrogens with zero attached hydrogens (tertiary/aromatic N) is 3. The Labute approximate surface area is 151 Å². The first-order chi connectivity index (χ1) is 12.3. The molecular weight excluding hydrogens is 349 g/mol. The first-order valence-electron chi connectivity index (χ1n) is 8.72. The number of pyridine rings is 1. The molecule has 0 aromatic carbocycles. The number of hydrogen-bond acceptors (Lipinski definition) is 5. The van der Waals surface area contributed by atoms with Crippen molar-refractivity contribution in [2.75, 3.05) is 45.8 Å². The van der Waals surface area contributed by atoms with Gasteiger partial charge >= 0.3 is 6.18 Å². The monoisotopic (exact) mass is 374 g/mol. The summed E-state index contributed by atoms with van der Waals surface area (Å²) in [6.07, 6.45) is -5.27. The summed E-state index contributed by atoms with van der Waals surface area (Å²) < 4.78 is 42.8. The zero-order chi connectivity index (χ0) is 19.2. The smallest absolute Gasteiger partial charge is 0.425 e. The molecule has 1 aromatic rings. The highest BCUT2D eigenvalue weighted by Gasteiger charge is 2.39. The lowest BCUT2D eigenvalue weighted by atomic mass is 10.2. The van der Waals surface area contributed by atoms with Crippen LogP contribution in [0.5, 0.6) is 5.88 Å². The van der Waals surface area contributed by atoms with E-state index in [1.807, 2.05) is 0 Å². The van der Waals surface area contributed by atoms with Gasteiger partial charge < -0.3 is 15.0 Å². The molecule has 26 heavy (non-hydrogen) atoms. The van der Waals surface area contributed by atoms with Crippen LogP contribution in [0.1, 0.15) is 24.2 Å². The molecule has 0 spiro atoms. The number of rotatable bonds is 7. The number of hydrogen-bond donors (Lipinski definition) is 1. The van der Waals surface area contributed by atoms with Crippen molar-refractivity contribution in [3.05, 3.63) is 23.9 Å². The summed E-state index contributed by atoms with van der Waals surface area (Å²) in [6, 6.07) is 2.89. The van der Waals surface area contributed by atoms with Crippen LogP contribution in [0.4, 0.5) is 13.2 Å². The molecule has 0 aliphatic carbocycles. The lowest BCUT2D eigenvalue weighted by molar-refractivity contribution is -0.190. The lowest BCUT2D eigenvalue weighted by Gasteiger charge is -2.33. The fraction of sp³-hybridized carbons (Fsp3) is 0.647. The standard InChI is InChI=1S/C17H25F3N4O2/c1-3-23-9-11-24(12-10-23)8-7-21-15(25)14-5-4-6-22-16(14)26-13(2)17(18,19)20/h4-6,13H,3,7-12H2,1-2H3,(H,21,25)/t13-/m1/s1. The van der Waals surface area contributed by atoms with E-state index in [0.717, 1.165) is 39.6 Å². The average molecular weight is 374 g/mol. The van der Waals surface area contributed by atoms with Crippen molar-refractivity contribution < 1.29 is 22.7 Å². The van der Waals surface area contributed by atoms with Gasteiger partial charge in [-0.2, -0.15) is 13.2 Å². The second-order valence-corrected chi connectivity index (χ2v) is 6.19. The molecule has 6 nitrogen and oxygen atoms in total. The van der Waals surface area contributed by atoms with Crippen molar-refractivity contribution in [2.24, 2.45) is 0 Å². The maximum Gasteiger partial charge on any atom is 0.425 e. The fourth-order valence-corrected chi connectivity index (χ4v) is 2.64. The maximum absolute atomic E-state index is 12.7. The molecule has 1 aliphatic rings. The summed E-state index contributed by atoms with van der Waals surface area (Å²) in [6.45, 7) is 9.02. The van der Waals surface area contributed by atoms with Crippen molar-refractivity contribution in [1.29, 1.82) is 0 Å². The quantitative estimate of drug-likeness (QED) is 0.789. The molecule has 1 aliphatic heterocycles. The van der Waals surface area contributed by atoms with E-state index >= 15 is 0 Å². The Hall–Kier alpha value is -1.87. The van der Waals surface area contributed by atoms with Gasteiger partial charge in [-0.25, -0.2) is 4.98 Å². The second-order valence-electron chi connectivity index (χ2n) is 6.19. The maximum atomic E-state index is 12.7. The molecule has 1 N–H and O–H groups in total. The lowest BCUT2D eigenvalue weighted by Crippen LogP contribution is -2.48. The predicted octanol–water partition coefficient (Wildman–Crippen LogP) is 1.78. The zero-order valence-electron chi connectivity index (χ0n) is 15.1. The highest BCUT2D eigenvalue weighted by Crippen LogP contribution is 2.25. The molecular formula is C17H25F3N4O2. The van der Waals surface area contributed by atoms with Crippen molar-refractivity contribution >= 4 is 5.91 Å². The number of halogens is 3. The van der Waals surface area contributed by atoms with E-state index in [0.29, 0.717) is 13.1 Å². The zero-order valence-corrected chi connectivity index (χ0v) is 15.1. The first kappa shape index (κ1) is 20.4. The summed E-state index contributed by atoms with van der Waals surface area (Å²) in [4.78, 5) is 20.7. The Morgan fingerprint density at radius 1 is 1.31 bits per heavy atom. The molecule has 0 saturated carbocycles. The van der Waals surface area contributed by atoms with Crippen LogP contribution >= 0.6 is 0 Å². The Morgan fingerprint density at radius 2 is 1.96 bits per heavy atom. The second kappa shape index (κ2) is 9.18. The topological polar surface area (TPSA) is 57.7 Å². The Bertz CT molecular complexity index is 590. The molecule has 0 bridgehead atoms. The minimum Gasteiger partial charge on any atom is -0.464 e. The minimum atomic E-state index is -4.52. The molecule has 1 amide bonds. The first-order valence-corrected chi connectivity index (χ1v) is 8.72. The molecule has 146 valence electrons. The number of alkyl halides is 3. The van der Waals surface area contributed by atoms with E-state index in [1.165, 1.54) is 18.3 Å². The van der Waals surface area contributed by atoms with Gasteiger partial charge in [-0.15, -0.1) is 0 Å². The van der Waals surface area contributed by atoms with Crippen LogP contribution in [-0.4, -0.2) is 78.8 Å². The number of carbonyl (C=O) groups is 1. The van der Waals surface area contributed by atoms with Crippen LogP contribution < -0.4 is 10.1 Å². The van der Waals surface area contributed by atoms with E-state index in [1.54, 1.807) is 0 Å². The fourth-order valence-electron chi connectivity index (χ4n) is 2.64. The van der Waals surface area contributed by atoms with Crippen LogP contribution in [0.15, 0.2) is 18.3 Å². The van der Waals surface area contributed by atoms with Crippen molar-refractivity contribution in [3.8, 4) is 5.88 Å². The number of ether oxygens (including phenoxy) is 1. The summed E-state index contributed by atoms with van der Waals surface area (Å²) in [5.41, 5.74) is -0.000553. The van der Waals surface area contributed by atoms with Crippen LogP contribution in [0.25, 0.3) is 0 Å². The van der Waals surface area contributed by atoms with Crippen LogP contribution in [0.3, 0.4) is 0 Å². The van der Waals surface area contributed by atoms with Crippen molar-refractivity contribution in [1.82, 2.24) is 20.1 Å². The predicted molar refractivity (Wildman–Crippen MR) is 91.3 cm³/mol. The van der Waals surface area contributed by atoms with Crippen LogP contribution in [0.2, 0.25) is 0 Å². The number of carbonyl (C=O) groups excluding carboxylic acids is 1. The molecule has 1 fully saturated rings. The molecule has 9 heteroatoms. The van der Waals surface area contributed by atoms with Crippen molar-refractivity contribution in [2.45, 2.75) is 26.1 Å². The van der Waals surface area contributed by atoms with Gasteiger partial charge in [-0.05, 0) is 25.6 Å². The number of amides is 1. The number of nitrogens with one attached hydrogen (secondary N) is 1. The molecule has 0 radical (unpaired) electrons. The molecule has 1 saturated heterocycles. The highest BCUT2D eigenvalue weighted by molar-refractivity contribution is 5.96. The molecule has 2 heterocycles. The largest absolute Gasteiger partial charge is 0.464 e. The molecule has 1 atom stereocenters. The molecule has 2 rings (SSSR count). The van der Waals surface area contributed by atoms with Gasteiger partial charge in [0, 0.05) is 45.5 Å². The van der Waals surface area contributed by atoms with E-state index < -0.39 is 18.2 Å². The van der Waals surface area contributed by atoms with Gasteiger partial charge in [-0.1, -0.05) is 6.92 Å². The minimum absolute atomic E-state index is 0.000553. The average Bonchev–Trinajstić information content (AvgIpc) is 2.62. The molecule has 1 aromatic heterocycles. The van der Waals surface area contributed by atoms with Crippen molar-refractivity contribution in [3.63, 3.8) is 0 Å². The van der Waals surface area contributed by atoms with Gasteiger partial charge in [0.25, 0.3) is 5.91 Å². The third-order valence-corrected chi connectivity index (χ3v) is 4.39. The number of piperazine rings is 1. The summed E-state index contributed by atoms with van der Waals surface area (Å²) in [5, 5.41) is 2.73. The highest BCUT2D eigenvalue weighted by atomic mass is 19.4. The van der Waals surface area contributed by atoms with Gasteiger partial charge in [0.05, 0.1) is 0 Å². The number of likely N-dealkylation sites (N-methyl/N-ethyl adjacent to an activating group) is 1. The summed E-state index contributed by atoms with van der Waals surface area (Å²) in [7, 11) is 0. The van der Waals surface area contributed by atoms with E-state index in [-0.39, 0.29) is 11.4 Å². The van der Waals surface area contributed by atoms with Gasteiger partial charge in [-0.3, -0.25) is 9.69 Å². The van der Waals surface area contributed by atoms with Gasteiger partial charge in [0.15, 0.2) is 6.10 Å². The summed E-state index contributed by atoms with van der Waals surface area (Å²) in [5.74, 6) is -0.805. The van der Waals surface area contributed by atoms with Crippen LogP contribution in [-0.2, 0) is 0 Å². The number of aromatic nitrogens is 1. The van der Waals surface area contributed by atoms with E-state index in [9.17, 15) is 18.0 Å². The van der Waals surface area contributed by atoms with Gasteiger partial charge in [0.1, 0.15) is 5.56 Å². The van der Waals surface area contributed by atoms with E-state index in [2.05, 4.69) is 27.0 Å². The normalized spacial score (nSPS) is 17.7. The Morgan fingerprint density at radius 3 is 2.58 bits per heavy atom. The van der Waals surface area contributed by atoms with E-state index in [4.69, 9.17) is 4.74 Å². The third kappa shape index (κ3) is 5.84. The van der Waals surface area contributed by atoms with Crippen LogP contribution in [0, 0.1) is 0 Å². The summed E-state index contributed by atoms with van der Waals surface area (Å²) >= 11 is 0. The molecule has 0 unspecified atom stereocenters. The Balaban J connectivity index is 1.86. The SMILES string of the molecule is CCN1CCN(CCNC(=O)c2cccnc2O[C@H](C)C(F)(F)F)CC1.